The molecule has 4 aromatic heterocycles. The van der Waals surface area contributed by atoms with Gasteiger partial charge in [0.05, 0.1) is 29.5 Å². The topological polar surface area (TPSA) is 68.5 Å². The van der Waals surface area contributed by atoms with Gasteiger partial charge in [0.15, 0.2) is 5.82 Å². The highest BCUT2D eigenvalue weighted by atomic mass is 15.1. The van der Waals surface area contributed by atoms with E-state index in [1.165, 1.54) is 0 Å². The van der Waals surface area contributed by atoms with Crippen molar-refractivity contribution < 1.29 is 0 Å². The highest BCUT2D eigenvalue weighted by molar-refractivity contribution is 5.86. The van der Waals surface area contributed by atoms with Crippen LogP contribution in [0.5, 0.6) is 0 Å². The molecule has 0 aliphatic heterocycles. The molecule has 26 heavy (non-hydrogen) atoms. The number of rotatable bonds is 5. The summed E-state index contributed by atoms with van der Waals surface area (Å²) in [5.41, 5.74) is 3.86. The van der Waals surface area contributed by atoms with E-state index in [9.17, 15) is 0 Å². The smallest absolute Gasteiger partial charge is 0.154 e. The number of hydrogen-bond acceptors (Lipinski definition) is 5. The fourth-order valence-corrected chi connectivity index (χ4v) is 3.03. The molecule has 0 aliphatic carbocycles. The third-order valence-electron chi connectivity index (χ3n) is 4.27. The van der Waals surface area contributed by atoms with Crippen LogP contribution in [-0.2, 0) is 6.54 Å². The van der Waals surface area contributed by atoms with Crippen LogP contribution in [0.4, 0.5) is 5.82 Å². The molecule has 4 rings (SSSR count). The molecule has 0 radical (unpaired) electrons. The lowest BCUT2D eigenvalue weighted by Crippen LogP contribution is -2.12. The number of aromatic nitrogens is 5. The Kier molecular flexibility index (Phi) is 4.31. The largest absolute Gasteiger partial charge is 0.360 e. The summed E-state index contributed by atoms with van der Waals surface area (Å²) < 4.78 is 2.13. The third-order valence-corrected chi connectivity index (χ3v) is 4.27. The maximum atomic E-state index is 4.65. The molecule has 6 heteroatoms. The maximum absolute atomic E-state index is 4.65. The van der Waals surface area contributed by atoms with Crippen molar-refractivity contribution >= 4 is 16.9 Å². The van der Waals surface area contributed by atoms with E-state index in [1.54, 1.807) is 6.20 Å². The van der Waals surface area contributed by atoms with Crippen molar-refractivity contribution in [2.24, 2.45) is 0 Å². The van der Waals surface area contributed by atoms with Crippen LogP contribution in [0.2, 0.25) is 0 Å². The van der Waals surface area contributed by atoms with Crippen molar-refractivity contribution in [3.63, 3.8) is 0 Å². The summed E-state index contributed by atoms with van der Waals surface area (Å²) in [6, 6.07) is 13.9. The summed E-state index contributed by atoms with van der Waals surface area (Å²) in [7, 11) is 0. The van der Waals surface area contributed by atoms with Crippen molar-refractivity contribution in [2.45, 2.75) is 26.4 Å². The Morgan fingerprint density at radius 1 is 1.00 bits per heavy atom. The van der Waals surface area contributed by atoms with E-state index < -0.39 is 0 Å². The van der Waals surface area contributed by atoms with Gasteiger partial charge in [-0.1, -0.05) is 12.1 Å². The number of nitrogens with one attached hydrogen (secondary N) is 1. The van der Waals surface area contributed by atoms with Gasteiger partial charge in [-0.05, 0) is 44.2 Å². The van der Waals surface area contributed by atoms with Gasteiger partial charge in [-0.2, -0.15) is 0 Å². The van der Waals surface area contributed by atoms with Gasteiger partial charge < -0.3 is 9.88 Å². The number of pyridine rings is 2. The minimum absolute atomic E-state index is 0.0342. The molecule has 0 fully saturated rings. The van der Waals surface area contributed by atoms with Gasteiger partial charge in [0, 0.05) is 18.6 Å². The summed E-state index contributed by atoms with van der Waals surface area (Å²) in [6.07, 6.45) is 5.64. The predicted molar refractivity (Wildman–Crippen MR) is 102 cm³/mol. The Morgan fingerprint density at radius 2 is 1.81 bits per heavy atom. The Balaban J connectivity index is 1.72. The second-order valence-electron chi connectivity index (χ2n) is 6.24. The number of anilines is 1. The summed E-state index contributed by atoms with van der Waals surface area (Å²) >= 11 is 0. The van der Waals surface area contributed by atoms with E-state index in [0.29, 0.717) is 6.54 Å². The molecular formula is C20H20N6. The number of hydrogen-bond donors (Lipinski definition) is 1. The molecule has 0 bridgehead atoms. The second-order valence-corrected chi connectivity index (χ2v) is 6.24. The Labute approximate surface area is 152 Å². The van der Waals surface area contributed by atoms with Crippen molar-refractivity contribution in [3.05, 3.63) is 78.3 Å². The van der Waals surface area contributed by atoms with Gasteiger partial charge in [-0.15, -0.1) is 0 Å². The zero-order chi connectivity index (χ0) is 17.9. The van der Waals surface area contributed by atoms with Gasteiger partial charge in [0.2, 0.25) is 0 Å². The molecular weight excluding hydrogens is 324 g/mol. The van der Waals surface area contributed by atoms with Crippen LogP contribution in [0, 0.1) is 6.92 Å². The van der Waals surface area contributed by atoms with Crippen LogP contribution in [0.15, 0.2) is 61.1 Å². The molecule has 0 amide bonds. The van der Waals surface area contributed by atoms with Crippen LogP contribution in [0.1, 0.15) is 30.2 Å². The first kappa shape index (κ1) is 16.2. The molecule has 1 unspecified atom stereocenters. The summed E-state index contributed by atoms with van der Waals surface area (Å²) in [5.74, 6) is 1.55. The van der Waals surface area contributed by atoms with Crippen LogP contribution in [-0.4, -0.2) is 24.5 Å². The van der Waals surface area contributed by atoms with Crippen molar-refractivity contribution in [1.82, 2.24) is 24.5 Å². The SMILES string of the molecule is Cc1nc(NC(C)c2ccccn2)c2c(ccn2Cc2ccccn2)n1. The lowest BCUT2D eigenvalue weighted by molar-refractivity contribution is 0.795. The van der Waals surface area contributed by atoms with Crippen LogP contribution in [0.25, 0.3) is 11.0 Å². The lowest BCUT2D eigenvalue weighted by Gasteiger charge is -2.16. The monoisotopic (exact) mass is 344 g/mol. The quantitative estimate of drug-likeness (QED) is 0.597. The van der Waals surface area contributed by atoms with Crippen LogP contribution in [0.3, 0.4) is 0 Å². The highest BCUT2D eigenvalue weighted by Crippen LogP contribution is 2.25. The van der Waals surface area contributed by atoms with E-state index in [0.717, 1.165) is 34.1 Å². The third kappa shape index (κ3) is 3.26. The average molecular weight is 344 g/mol. The maximum Gasteiger partial charge on any atom is 0.154 e. The molecule has 6 nitrogen and oxygen atoms in total. The number of nitrogens with zero attached hydrogens (tertiary/aromatic N) is 5. The molecule has 4 aromatic rings. The Morgan fingerprint density at radius 3 is 2.54 bits per heavy atom. The highest BCUT2D eigenvalue weighted by Gasteiger charge is 2.15. The zero-order valence-electron chi connectivity index (χ0n) is 14.8. The Hall–Kier alpha value is -3.28. The summed E-state index contributed by atoms with van der Waals surface area (Å²) in [5, 5.41) is 3.50. The van der Waals surface area contributed by atoms with Crippen molar-refractivity contribution in [3.8, 4) is 0 Å². The molecule has 0 saturated heterocycles. The van der Waals surface area contributed by atoms with Gasteiger partial charge in [-0.3, -0.25) is 9.97 Å². The van der Waals surface area contributed by atoms with Gasteiger partial charge in [0.25, 0.3) is 0 Å². The lowest BCUT2D eigenvalue weighted by atomic mass is 10.2. The fourth-order valence-electron chi connectivity index (χ4n) is 3.03. The molecule has 0 aliphatic rings. The zero-order valence-corrected chi connectivity index (χ0v) is 14.8. The number of aryl methyl sites for hydroxylation is 1. The summed E-state index contributed by atoms with van der Waals surface area (Å²) in [4.78, 5) is 18.1. The van der Waals surface area contributed by atoms with Gasteiger partial charge >= 0.3 is 0 Å². The normalized spacial score (nSPS) is 12.2. The molecule has 130 valence electrons. The predicted octanol–water partition coefficient (Wildman–Crippen LogP) is 3.75. The first-order valence-corrected chi connectivity index (χ1v) is 8.61. The minimum atomic E-state index is 0.0342. The van der Waals surface area contributed by atoms with E-state index in [1.807, 2.05) is 61.8 Å². The standard InChI is InChI=1S/C20H20N6/c1-14(17-8-4-6-11-22-17)23-20-19-18(24-15(2)25-20)9-12-26(19)13-16-7-3-5-10-21-16/h3-12,14H,13H2,1-2H3,(H,23,24,25). The summed E-state index contributed by atoms with van der Waals surface area (Å²) in [6.45, 7) is 4.66. The van der Waals surface area contributed by atoms with E-state index in [-0.39, 0.29) is 6.04 Å². The van der Waals surface area contributed by atoms with Crippen molar-refractivity contribution in [1.29, 1.82) is 0 Å². The minimum Gasteiger partial charge on any atom is -0.360 e. The molecule has 0 saturated carbocycles. The molecule has 1 atom stereocenters. The molecule has 0 spiro atoms. The second kappa shape index (κ2) is 6.92. The van der Waals surface area contributed by atoms with Gasteiger partial charge in [-0.25, -0.2) is 9.97 Å². The van der Waals surface area contributed by atoms with E-state index >= 15 is 0 Å². The number of fused-ring (bicyclic) bond motifs is 1. The molecule has 4 heterocycles. The van der Waals surface area contributed by atoms with Crippen LogP contribution >= 0.6 is 0 Å². The average Bonchev–Trinajstić information content (AvgIpc) is 3.06. The fraction of sp³-hybridized carbons (Fsp3) is 0.200. The molecule has 0 aromatic carbocycles. The first-order valence-electron chi connectivity index (χ1n) is 8.61. The van der Waals surface area contributed by atoms with Crippen LogP contribution < -0.4 is 5.32 Å². The molecule has 1 N–H and O–H groups in total. The van der Waals surface area contributed by atoms with Crippen molar-refractivity contribution in [2.75, 3.05) is 5.32 Å². The Bertz CT molecular complexity index is 1010. The first-order chi connectivity index (χ1) is 12.7. The van der Waals surface area contributed by atoms with Gasteiger partial charge in [0.1, 0.15) is 11.3 Å². The van der Waals surface area contributed by atoms with E-state index in [4.69, 9.17) is 0 Å². The van der Waals surface area contributed by atoms with E-state index in [2.05, 4.69) is 36.7 Å².